The zero-order chi connectivity index (χ0) is 18.8. The van der Waals surface area contributed by atoms with Gasteiger partial charge in [0.2, 0.25) is 12.4 Å². The molecule has 1 N–H and O–H groups in total. The van der Waals surface area contributed by atoms with Crippen LogP contribution < -0.4 is 4.57 Å². The van der Waals surface area contributed by atoms with Crippen LogP contribution in [0.4, 0.5) is 13.2 Å². The second-order valence-corrected chi connectivity index (χ2v) is 5.18. The van der Waals surface area contributed by atoms with Gasteiger partial charge in [0.15, 0.2) is 0 Å². The fraction of sp³-hybridized carbons (Fsp3) is 0.312. The van der Waals surface area contributed by atoms with E-state index in [0.29, 0.717) is 0 Å². The van der Waals surface area contributed by atoms with Crippen molar-refractivity contribution in [3.8, 4) is 0 Å². The van der Waals surface area contributed by atoms with Gasteiger partial charge >= 0.3 is 18.1 Å². The average molecular weight is 357 g/mol. The predicted octanol–water partition coefficient (Wildman–Crippen LogP) is 2.18. The number of nitrogens with one attached hydrogen (secondary N) is 1. The number of halogens is 3. The minimum atomic E-state index is -4.65. The van der Waals surface area contributed by atoms with Crippen molar-refractivity contribution in [3.63, 3.8) is 0 Å². The van der Waals surface area contributed by atoms with Crippen molar-refractivity contribution in [2.45, 2.75) is 19.1 Å². The van der Waals surface area contributed by atoms with E-state index in [4.69, 9.17) is 4.74 Å². The van der Waals surface area contributed by atoms with Crippen molar-refractivity contribution in [3.05, 3.63) is 53.1 Å². The molecule has 1 aromatic heterocycles. The fourth-order valence-electron chi connectivity index (χ4n) is 2.62. The lowest BCUT2D eigenvalue weighted by Gasteiger charge is -2.19. The molecule has 6 nitrogen and oxygen atoms in total. The number of ether oxygens (including phenoxy) is 2. The molecule has 0 fully saturated rings. The van der Waals surface area contributed by atoms with E-state index in [9.17, 15) is 22.8 Å². The van der Waals surface area contributed by atoms with E-state index < -0.39 is 29.7 Å². The number of methoxy groups -OCH3 is 2. The standard InChI is InChI=1S/C16H15F3N2O4/c1-9-11(16(17,18)19)5-4-10(12(9)14(22)24-2)13(15(23)25-3)21-7-6-20-8-21/h4-8,13H,1-3H3/p+1. The SMILES string of the molecule is COC(=O)c1c(C(C(=O)OC)[n+]2cc[nH]c2)ccc(C(F)(F)F)c1C. The fourth-order valence-corrected chi connectivity index (χ4v) is 2.62. The lowest BCUT2D eigenvalue weighted by atomic mass is 9.92. The molecule has 0 saturated heterocycles. The maximum Gasteiger partial charge on any atom is 0.416 e. The molecular weight excluding hydrogens is 341 g/mol. The molecule has 2 aromatic rings. The highest BCUT2D eigenvalue weighted by Gasteiger charge is 2.38. The van der Waals surface area contributed by atoms with Crippen LogP contribution in [-0.2, 0) is 20.4 Å². The van der Waals surface area contributed by atoms with E-state index in [2.05, 4.69) is 9.72 Å². The van der Waals surface area contributed by atoms with E-state index in [1.807, 2.05) is 0 Å². The summed E-state index contributed by atoms with van der Waals surface area (Å²) in [5, 5.41) is 0. The molecule has 0 aliphatic rings. The van der Waals surface area contributed by atoms with E-state index in [1.54, 1.807) is 0 Å². The molecule has 0 bridgehead atoms. The summed E-state index contributed by atoms with van der Waals surface area (Å²) in [7, 11) is 2.21. The molecule has 0 saturated carbocycles. The van der Waals surface area contributed by atoms with Gasteiger partial charge in [0.25, 0.3) is 0 Å². The smallest absolute Gasteiger partial charge is 0.416 e. The quantitative estimate of drug-likeness (QED) is 0.673. The highest BCUT2D eigenvalue weighted by molar-refractivity contribution is 5.95. The van der Waals surface area contributed by atoms with Gasteiger partial charge in [0, 0.05) is 5.56 Å². The van der Waals surface area contributed by atoms with Gasteiger partial charge in [-0.15, -0.1) is 0 Å². The van der Waals surface area contributed by atoms with Gasteiger partial charge < -0.3 is 9.47 Å². The number of benzene rings is 1. The zero-order valence-electron chi connectivity index (χ0n) is 13.7. The van der Waals surface area contributed by atoms with Crippen LogP contribution in [0.25, 0.3) is 0 Å². The summed E-state index contributed by atoms with van der Waals surface area (Å²) in [6.07, 6.45) is -0.205. The Morgan fingerprint density at radius 3 is 2.36 bits per heavy atom. The number of carbonyl (C=O) groups is 2. The van der Waals surface area contributed by atoms with Crippen molar-refractivity contribution >= 4 is 11.9 Å². The van der Waals surface area contributed by atoms with Gasteiger partial charge in [-0.05, 0) is 18.6 Å². The third-order valence-corrected chi connectivity index (χ3v) is 3.78. The van der Waals surface area contributed by atoms with Crippen LogP contribution in [-0.4, -0.2) is 31.1 Å². The topological polar surface area (TPSA) is 72.3 Å². The number of carbonyl (C=O) groups excluding carboxylic acids is 2. The summed E-state index contributed by atoms with van der Waals surface area (Å²) in [5.74, 6) is -1.71. The summed E-state index contributed by atoms with van der Waals surface area (Å²) in [6.45, 7) is 1.16. The van der Waals surface area contributed by atoms with E-state index in [1.165, 1.54) is 23.3 Å². The third-order valence-electron chi connectivity index (χ3n) is 3.78. The van der Waals surface area contributed by atoms with Crippen LogP contribution in [0.3, 0.4) is 0 Å². The molecule has 1 heterocycles. The number of hydrogen-bond donors (Lipinski definition) is 1. The number of alkyl halides is 3. The summed E-state index contributed by atoms with van der Waals surface area (Å²) in [6, 6.07) is 0.774. The molecule has 1 aromatic carbocycles. The Balaban J connectivity index is 2.76. The van der Waals surface area contributed by atoms with Crippen LogP contribution in [0.15, 0.2) is 30.9 Å². The van der Waals surface area contributed by atoms with Crippen molar-refractivity contribution < 1.29 is 36.8 Å². The Hall–Kier alpha value is -2.84. The van der Waals surface area contributed by atoms with Crippen LogP contribution in [0, 0.1) is 6.92 Å². The van der Waals surface area contributed by atoms with Crippen molar-refractivity contribution in [2.75, 3.05) is 14.2 Å². The Bertz CT molecular complexity index is 785. The van der Waals surface area contributed by atoms with Crippen LogP contribution in [0.2, 0.25) is 0 Å². The molecule has 2 rings (SSSR count). The summed E-state index contributed by atoms with van der Waals surface area (Å²) >= 11 is 0. The number of nitrogens with zero attached hydrogens (tertiary/aromatic N) is 1. The van der Waals surface area contributed by atoms with Crippen LogP contribution in [0.1, 0.15) is 33.1 Å². The Morgan fingerprint density at radius 2 is 1.88 bits per heavy atom. The maximum atomic E-state index is 13.2. The molecule has 0 aliphatic heterocycles. The number of H-pyrrole nitrogens is 1. The van der Waals surface area contributed by atoms with E-state index >= 15 is 0 Å². The number of esters is 2. The van der Waals surface area contributed by atoms with Gasteiger partial charge in [0.05, 0.1) is 25.3 Å². The van der Waals surface area contributed by atoms with Gasteiger partial charge in [-0.1, -0.05) is 6.07 Å². The van der Waals surface area contributed by atoms with Gasteiger partial charge in [-0.2, -0.15) is 13.2 Å². The van der Waals surface area contributed by atoms with Gasteiger partial charge in [0.1, 0.15) is 12.4 Å². The second kappa shape index (κ2) is 6.96. The molecule has 0 spiro atoms. The summed E-state index contributed by atoms with van der Waals surface area (Å²) in [5.41, 5.74) is -1.56. The van der Waals surface area contributed by atoms with Crippen LogP contribution >= 0.6 is 0 Å². The normalized spacial score (nSPS) is 12.6. The Kier molecular flexibility index (Phi) is 5.15. The molecule has 0 amide bonds. The highest BCUT2D eigenvalue weighted by Crippen LogP contribution is 2.36. The highest BCUT2D eigenvalue weighted by atomic mass is 19.4. The first-order valence-corrected chi connectivity index (χ1v) is 7.12. The Morgan fingerprint density at radius 1 is 1.20 bits per heavy atom. The number of hydrogen-bond acceptors (Lipinski definition) is 4. The number of aromatic amines is 1. The molecule has 9 heteroatoms. The van der Waals surface area contributed by atoms with E-state index in [-0.39, 0.29) is 16.7 Å². The zero-order valence-corrected chi connectivity index (χ0v) is 13.7. The first kappa shape index (κ1) is 18.5. The predicted molar refractivity (Wildman–Crippen MR) is 78.7 cm³/mol. The molecule has 25 heavy (non-hydrogen) atoms. The van der Waals surface area contributed by atoms with Gasteiger partial charge in [-0.3, -0.25) is 4.98 Å². The molecule has 0 radical (unpaired) electrons. The van der Waals surface area contributed by atoms with Crippen molar-refractivity contribution in [1.82, 2.24) is 4.98 Å². The lowest BCUT2D eigenvalue weighted by molar-refractivity contribution is -0.700. The monoisotopic (exact) mass is 357 g/mol. The lowest BCUT2D eigenvalue weighted by Crippen LogP contribution is -2.44. The minimum Gasteiger partial charge on any atom is -0.466 e. The molecule has 134 valence electrons. The largest absolute Gasteiger partial charge is 0.466 e. The summed E-state index contributed by atoms with van der Waals surface area (Å²) < 4.78 is 50.3. The van der Waals surface area contributed by atoms with Crippen molar-refractivity contribution in [2.24, 2.45) is 0 Å². The average Bonchev–Trinajstić information content (AvgIpc) is 3.07. The molecular formula is C16H16F3N2O4+. The molecule has 0 aliphatic carbocycles. The van der Waals surface area contributed by atoms with E-state index in [0.717, 1.165) is 33.3 Å². The van der Waals surface area contributed by atoms with Gasteiger partial charge in [-0.25, -0.2) is 14.2 Å². The first-order chi connectivity index (χ1) is 11.7. The maximum absolute atomic E-state index is 13.2. The van der Waals surface area contributed by atoms with Crippen LogP contribution in [0.5, 0.6) is 0 Å². The van der Waals surface area contributed by atoms with Crippen molar-refractivity contribution in [1.29, 1.82) is 0 Å². The second-order valence-electron chi connectivity index (χ2n) is 5.18. The molecule has 1 unspecified atom stereocenters. The number of imidazole rings is 1. The first-order valence-electron chi connectivity index (χ1n) is 7.12. The third kappa shape index (κ3) is 3.49. The number of aromatic nitrogens is 2. The minimum absolute atomic E-state index is 0.0498. The number of rotatable bonds is 4. The summed E-state index contributed by atoms with van der Waals surface area (Å²) in [4.78, 5) is 27.1. The molecule has 1 atom stereocenters. The Labute approximate surface area is 141 Å².